The van der Waals surface area contributed by atoms with Gasteiger partial charge in [0.1, 0.15) is 23.2 Å². The van der Waals surface area contributed by atoms with Crippen molar-refractivity contribution in [3.8, 4) is 5.75 Å². The molecule has 1 aromatic heterocycles. The minimum Gasteiger partial charge on any atom is -0.508 e. The number of phenolic OH excluding ortho intramolecular Hbond substituents is 1. The lowest BCUT2D eigenvalue weighted by atomic mass is 9.98. The molecule has 42 heavy (non-hydrogen) atoms. The summed E-state index contributed by atoms with van der Waals surface area (Å²) in [6.45, 7) is 8.29. The number of esters is 1. The summed E-state index contributed by atoms with van der Waals surface area (Å²) in [5.41, 5.74) is 0.730. The second-order valence-corrected chi connectivity index (χ2v) is 16.7. The molecular weight excluding hydrogens is 696 g/mol. The van der Waals surface area contributed by atoms with Crippen LogP contribution in [0, 0.1) is 5.92 Å². The lowest BCUT2D eigenvalue weighted by Gasteiger charge is -2.47. The first-order valence-electron chi connectivity index (χ1n) is 13.4. The highest BCUT2D eigenvalue weighted by Crippen LogP contribution is 2.60. The van der Waals surface area contributed by atoms with Crippen molar-refractivity contribution in [2.75, 3.05) is 7.11 Å². The normalized spacial score (nSPS) is 21.7. The first-order valence-corrected chi connectivity index (χ1v) is 15.9. The highest BCUT2D eigenvalue weighted by molar-refractivity contribution is 9.26. The third kappa shape index (κ3) is 6.77. The average Bonchev–Trinajstić information content (AvgIpc) is 3.50. The van der Waals surface area contributed by atoms with E-state index in [1.165, 1.54) is 30.1 Å². The number of β-lactam (4-membered cyclic amide) rings is 1. The molecule has 0 spiro atoms. The second kappa shape index (κ2) is 12.5. The van der Waals surface area contributed by atoms with Crippen molar-refractivity contribution in [2.45, 2.75) is 78.6 Å². The summed E-state index contributed by atoms with van der Waals surface area (Å²) in [6, 6.07) is 4.14. The van der Waals surface area contributed by atoms with E-state index in [0.717, 1.165) is 0 Å². The molecule has 12 nitrogen and oxygen atoms in total. The largest absolute Gasteiger partial charge is 0.508 e. The lowest BCUT2D eigenvalue weighted by Crippen LogP contribution is -2.67. The Morgan fingerprint density at radius 2 is 1.81 bits per heavy atom. The Morgan fingerprint density at radius 3 is 2.43 bits per heavy atom. The van der Waals surface area contributed by atoms with Crippen molar-refractivity contribution < 1.29 is 29.0 Å². The van der Waals surface area contributed by atoms with Crippen LogP contribution < -0.4 is 10.6 Å². The lowest BCUT2D eigenvalue weighted by molar-refractivity contribution is -0.145. The van der Waals surface area contributed by atoms with Crippen molar-refractivity contribution in [1.82, 2.24) is 30.5 Å². The molecule has 3 heterocycles. The van der Waals surface area contributed by atoms with Crippen LogP contribution in [0.1, 0.15) is 50.2 Å². The maximum atomic E-state index is 13.3. The summed E-state index contributed by atoms with van der Waals surface area (Å²) < 4.78 is 5.36. The molecule has 15 heteroatoms. The van der Waals surface area contributed by atoms with E-state index in [2.05, 4.69) is 66.7 Å². The van der Waals surface area contributed by atoms with Crippen molar-refractivity contribution in [3.05, 3.63) is 41.7 Å². The van der Waals surface area contributed by atoms with E-state index in [-0.39, 0.29) is 45.9 Å². The van der Waals surface area contributed by atoms with Crippen molar-refractivity contribution in [3.63, 3.8) is 0 Å². The number of phenols is 1. The van der Waals surface area contributed by atoms with Gasteiger partial charge < -0.3 is 25.4 Å². The van der Waals surface area contributed by atoms with Gasteiger partial charge in [0.15, 0.2) is 8.93 Å². The molecular formula is C27H34Br2N6O6S. The number of amides is 3. The Hall–Kier alpha value is -2.65. The number of aromatic nitrogens is 3. The van der Waals surface area contributed by atoms with Gasteiger partial charge in [0.2, 0.25) is 5.91 Å². The van der Waals surface area contributed by atoms with Gasteiger partial charge in [-0.05, 0) is 43.9 Å². The van der Waals surface area contributed by atoms with Crippen LogP contribution in [-0.4, -0.2) is 87.3 Å². The maximum absolute atomic E-state index is 13.3. The van der Waals surface area contributed by atoms with Gasteiger partial charge in [-0.15, -0.1) is 16.9 Å². The average molecular weight is 730 g/mol. The minimum absolute atomic E-state index is 0.0236. The summed E-state index contributed by atoms with van der Waals surface area (Å²) in [4.78, 5) is 53.5. The Labute approximate surface area is 264 Å². The number of fused-ring (bicyclic) bond motifs is 1. The number of methoxy groups -OCH3 is 1. The number of thioether (sulfide) groups is 1. The van der Waals surface area contributed by atoms with Gasteiger partial charge in [-0.3, -0.25) is 14.4 Å². The van der Waals surface area contributed by atoms with Crippen molar-refractivity contribution in [1.29, 1.82) is 0 Å². The van der Waals surface area contributed by atoms with Crippen LogP contribution >= 0.6 is 43.6 Å². The number of hydrogen-bond acceptors (Lipinski definition) is 9. The molecule has 2 fully saturated rings. The molecule has 2 aromatic rings. The fourth-order valence-corrected chi connectivity index (χ4v) is 7.95. The molecule has 0 radical (unpaired) electrons. The summed E-state index contributed by atoms with van der Waals surface area (Å²) in [6.07, 6.45) is 1.94. The van der Waals surface area contributed by atoms with Crippen molar-refractivity contribution in [2.24, 2.45) is 5.92 Å². The van der Waals surface area contributed by atoms with Gasteiger partial charge in [-0.1, -0.05) is 63.1 Å². The number of nitrogens with zero attached hydrogens (tertiary/aromatic N) is 4. The van der Waals surface area contributed by atoms with Gasteiger partial charge in [-0.2, -0.15) is 0 Å². The standard InChI is InChI=1S/C27H34Br2N6O6S/c1-14(2)10-17(21(37)31-18(23(39)41-5)11-15-6-8-16(36)9-7-15)30-22(38)19-12-34(33-32-19)13-20-26(3,4)42-25-27(28,29)24(40)35(20)25/h6-9,12,14,17-18,20,25,36H,10-11,13H2,1-5H3,(H,30,38)(H,31,37)/t17-,18-,20-,25+/m0/s1. The Bertz CT molecular complexity index is 1350. The molecule has 0 unspecified atom stereocenters. The molecule has 3 N–H and O–H groups in total. The number of benzene rings is 1. The van der Waals surface area contributed by atoms with Gasteiger partial charge in [-0.25, -0.2) is 9.48 Å². The summed E-state index contributed by atoms with van der Waals surface area (Å²) in [7, 11) is 1.23. The minimum atomic E-state index is -1.00. The fourth-order valence-electron chi connectivity index (χ4n) is 5.02. The molecule has 4 rings (SSSR count). The van der Waals surface area contributed by atoms with Crippen LogP contribution in [0.5, 0.6) is 5.75 Å². The highest BCUT2D eigenvalue weighted by Gasteiger charge is 2.68. The van der Waals surface area contributed by atoms with E-state index in [4.69, 9.17) is 4.74 Å². The van der Waals surface area contributed by atoms with E-state index >= 15 is 0 Å². The molecule has 228 valence electrons. The molecule has 2 aliphatic heterocycles. The molecule has 0 saturated carbocycles. The van der Waals surface area contributed by atoms with Gasteiger partial charge >= 0.3 is 5.97 Å². The molecule has 0 bridgehead atoms. The highest BCUT2D eigenvalue weighted by atomic mass is 79.9. The summed E-state index contributed by atoms with van der Waals surface area (Å²) >= 11 is 8.62. The van der Waals surface area contributed by atoms with E-state index in [9.17, 15) is 24.3 Å². The predicted molar refractivity (Wildman–Crippen MR) is 163 cm³/mol. The zero-order valence-electron chi connectivity index (χ0n) is 23.8. The first kappa shape index (κ1) is 32.3. The third-order valence-electron chi connectivity index (χ3n) is 7.27. The van der Waals surface area contributed by atoms with E-state index in [0.29, 0.717) is 18.5 Å². The number of ether oxygens (including phenoxy) is 1. The molecule has 2 aliphatic rings. The molecule has 4 atom stereocenters. The number of carbonyl (C=O) groups is 4. The van der Waals surface area contributed by atoms with Crippen LogP contribution in [0.2, 0.25) is 0 Å². The number of alkyl halides is 2. The number of nitrogens with one attached hydrogen (secondary N) is 2. The summed E-state index contributed by atoms with van der Waals surface area (Å²) in [5, 5.41) is 23.0. The molecule has 3 amide bonds. The zero-order valence-corrected chi connectivity index (χ0v) is 27.8. The van der Waals surface area contributed by atoms with Crippen molar-refractivity contribution >= 4 is 67.3 Å². The van der Waals surface area contributed by atoms with Crippen LogP contribution in [-0.2, 0) is 32.1 Å². The zero-order chi connectivity index (χ0) is 31.0. The Kier molecular flexibility index (Phi) is 9.62. The number of aromatic hydroxyl groups is 1. The van der Waals surface area contributed by atoms with Crippen LogP contribution in [0.4, 0.5) is 0 Å². The van der Waals surface area contributed by atoms with Gasteiger partial charge in [0.05, 0.1) is 25.9 Å². The molecule has 2 saturated heterocycles. The third-order valence-corrected chi connectivity index (χ3v) is 11.1. The van der Waals surface area contributed by atoms with E-state index < -0.39 is 33.1 Å². The molecule has 1 aromatic carbocycles. The number of rotatable bonds is 11. The van der Waals surface area contributed by atoms with E-state index in [1.54, 1.807) is 23.9 Å². The quantitative estimate of drug-likeness (QED) is 0.180. The molecule has 0 aliphatic carbocycles. The van der Waals surface area contributed by atoms with Gasteiger partial charge in [0.25, 0.3) is 11.8 Å². The number of carbonyl (C=O) groups excluding carboxylic acids is 4. The van der Waals surface area contributed by atoms with Crippen LogP contribution in [0.3, 0.4) is 0 Å². The SMILES string of the molecule is COC(=O)[C@H](Cc1ccc(O)cc1)NC(=O)[C@H](CC(C)C)NC(=O)c1cn(C[C@@H]2N3C(=O)C(Br)(Br)[C@H]3SC2(C)C)nn1. The summed E-state index contributed by atoms with van der Waals surface area (Å²) in [5.74, 6) is -1.70. The van der Waals surface area contributed by atoms with E-state index in [1.807, 2.05) is 18.7 Å². The monoisotopic (exact) mass is 728 g/mol. The topological polar surface area (TPSA) is 156 Å². The second-order valence-electron chi connectivity index (χ2n) is 11.4. The van der Waals surface area contributed by atoms with Crippen LogP contribution in [0.25, 0.3) is 0 Å². The Morgan fingerprint density at radius 1 is 1.14 bits per heavy atom. The fraction of sp³-hybridized carbons (Fsp3) is 0.556. The predicted octanol–water partition coefficient (Wildman–Crippen LogP) is 2.58. The maximum Gasteiger partial charge on any atom is 0.328 e. The number of hydrogen-bond donors (Lipinski definition) is 3. The smallest absolute Gasteiger partial charge is 0.328 e. The van der Waals surface area contributed by atoms with Crippen LogP contribution in [0.15, 0.2) is 30.5 Å². The van der Waals surface area contributed by atoms with Gasteiger partial charge in [0, 0.05) is 11.2 Å². The first-order chi connectivity index (χ1) is 19.6. The Balaban J connectivity index is 1.43. The number of halogens is 2.